The molecule has 4 rings (SSSR count). The van der Waals surface area contributed by atoms with E-state index in [-0.39, 0.29) is 11.9 Å². The first-order chi connectivity index (χ1) is 14.5. The van der Waals surface area contributed by atoms with Crippen molar-refractivity contribution in [3.63, 3.8) is 0 Å². The normalized spacial score (nSPS) is 13.0. The average molecular weight is 423 g/mol. The van der Waals surface area contributed by atoms with Crippen molar-refractivity contribution < 1.29 is 14.3 Å². The van der Waals surface area contributed by atoms with Gasteiger partial charge in [-0.1, -0.05) is 35.9 Å². The van der Waals surface area contributed by atoms with Crippen molar-refractivity contribution in [2.75, 3.05) is 6.61 Å². The highest BCUT2D eigenvalue weighted by Gasteiger charge is 2.27. The minimum absolute atomic E-state index is 0.203. The lowest BCUT2D eigenvalue weighted by atomic mass is 9.93. The molecule has 30 heavy (non-hydrogen) atoms. The lowest BCUT2D eigenvalue weighted by Gasteiger charge is -2.14. The van der Waals surface area contributed by atoms with Crippen molar-refractivity contribution in [1.29, 1.82) is 0 Å². The summed E-state index contributed by atoms with van der Waals surface area (Å²) in [5.74, 6) is -0.549. The van der Waals surface area contributed by atoms with Gasteiger partial charge in [0.2, 0.25) is 0 Å². The van der Waals surface area contributed by atoms with Crippen molar-refractivity contribution >= 4 is 23.5 Å². The molecule has 1 aromatic heterocycles. The summed E-state index contributed by atoms with van der Waals surface area (Å²) in [6, 6.07) is 12.6. The minimum atomic E-state index is -0.346. The van der Waals surface area contributed by atoms with Crippen molar-refractivity contribution in [2.24, 2.45) is 0 Å². The molecule has 1 aliphatic rings. The summed E-state index contributed by atoms with van der Waals surface area (Å²) in [6.45, 7) is 4.00. The van der Waals surface area contributed by atoms with Crippen LogP contribution in [0.15, 0.2) is 42.5 Å². The number of rotatable bonds is 4. The highest BCUT2D eigenvalue weighted by molar-refractivity contribution is 6.34. The number of hydrogen-bond acceptors (Lipinski definition) is 4. The molecule has 0 fully saturated rings. The number of fused-ring (bicyclic) bond motifs is 1. The summed E-state index contributed by atoms with van der Waals surface area (Å²) < 4.78 is 6.58. The van der Waals surface area contributed by atoms with Crippen LogP contribution < -0.4 is 0 Å². The molecule has 0 spiro atoms. The van der Waals surface area contributed by atoms with E-state index in [1.54, 1.807) is 25.1 Å². The van der Waals surface area contributed by atoms with Gasteiger partial charge in [-0.2, -0.15) is 9.78 Å². The lowest BCUT2D eigenvalue weighted by Crippen LogP contribution is -2.19. The van der Waals surface area contributed by atoms with E-state index in [1.807, 2.05) is 31.2 Å². The first-order valence-electron chi connectivity index (χ1n) is 10.2. The highest BCUT2D eigenvalue weighted by atomic mass is 35.5. The monoisotopic (exact) mass is 422 g/mol. The minimum Gasteiger partial charge on any atom is -0.462 e. The zero-order valence-corrected chi connectivity index (χ0v) is 17.8. The highest BCUT2D eigenvalue weighted by Crippen LogP contribution is 2.33. The van der Waals surface area contributed by atoms with Crippen molar-refractivity contribution in [2.45, 2.75) is 39.5 Å². The van der Waals surface area contributed by atoms with Gasteiger partial charge in [-0.3, -0.25) is 4.79 Å². The predicted molar refractivity (Wildman–Crippen MR) is 116 cm³/mol. The molecule has 0 bridgehead atoms. The Morgan fingerprint density at radius 3 is 2.53 bits per heavy atom. The van der Waals surface area contributed by atoms with Crippen LogP contribution >= 0.6 is 11.6 Å². The Morgan fingerprint density at radius 1 is 1.10 bits per heavy atom. The Morgan fingerprint density at radius 2 is 1.83 bits per heavy atom. The van der Waals surface area contributed by atoms with E-state index in [1.165, 1.54) is 4.68 Å². The summed E-state index contributed by atoms with van der Waals surface area (Å²) in [7, 11) is 0. The van der Waals surface area contributed by atoms with Gasteiger partial charge in [0.25, 0.3) is 5.91 Å². The summed E-state index contributed by atoms with van der Waals surface area (Å²) in [5.41, 5.74) is 5.53. The van der Waals surface area contributed by atoms with Gasteiger partial charge >= 0.3 is 5.97 Å². The largest absolute Gasteiger partial charge is 0.462 e. The van der Waals surface area contributed by atoms with E-state index in [2.05, 4.69) is 0 Å². The molecule has 0 saturated heterocycles. The van der Waals surface area contributed by atoms with E-state index in [9.17, 15) is 9.59 Å². The van der Waals surface area contributed by atoms with E-state index in [4.69, 9.17) is 21.4 Å². The summed E-state index contributed by atoms with van der Waals surface area (Å²) in [5, 5.41) is 5.15. The molecule has 6 heteroatoms. The van der Waals surface area contributed by atoms with E-state index in [0.29, 0.717) is 22.8 Å². The molecule has 3 aromatic rings. The van der Waals surface area contributed by atoms with Gasteiger partial charge in [-0.25, -0.2) is 4.79 Å². The maximum absolute atomic E-state index is 13.4. The fraction of sp³-hybridized carbons (Fsp3) is 0.292. The molecule has 1 aliphatic carbocycles. The van der Waals surface area contributed by atoms with Crippen molar-refractivity contribution in [3.8, 4) is 11.3 Å². The van der Waals surface area contributed by atoms with Crippen LogP contribution in [-0.2, 0) is 17.6 Å². The molecular formula is C24H23ClN2O3. The number of carbonyl (C=O) groups is 2. The van der Waals surface area contributed by atoms with Gasteiger partial charge in [0, 0.05) is 11.1 Å². The van der Waals surface area contributed by atoms with Crippen LogP contribution in [0, 0.1) is 6.92 Å². The van der Waals surface area contributed by atoms with Crippen molar-refractivity contribution in [3.05, 3.63) is 75.4 Å². The fourth-order valence-corrected chi connectivity index (χ4v) is 4.29. The smallest absolute Gasteiger partial charge is 0.338 e. The third-order valence-corrected chi connectivity index (χ3v) is 5.79. The van der Waals surface area contributed by atoms with E-state index < -0.39 is 0 Å². The second-order valence-corrected chi connectivity index (χ2v) is 7.83. The van der Waals surface area contributed by atoms with Crippen LogP contribution in [0.5, 0.6) is 0 Å². The zero-order valence-electron chi connectivity index (χ0n) is 17.1. The zero-order chi connectivity index (χ0) is 21.3. The Balaban J connectivity index is 1.77. The molecule has 0 radical (unpaired) electrons. The number of halogens is 1. The standard InChI is InChI=1S/C24H23ClN2O3/c1-3-30-24(29)17-13-11-16(12-14-17)22-18-8-4-5-10-20(18)27(26-22)23(28)21-15(2)7-6-9-19(21)25/h6-7,9,11-14H,3-5,8,10H2,1-2H3. The quantitative estimate of drug-likeness (QED) is 0.538. The third-order valence-electron chi connectivity index (χ3n) is 5.48. The van der Waals surface area contributed by atoms with E-state index in [0.717, 1.165) is 53.8 Å². The maximum Gasteiger partial charge on any atom is 0.338 e. The number of ether oxygens (including phenoxy) is 1. The topological polar surface area (TPSA) is 61.2 Å². The number of aryl methyl sites for hydroxylation is 1. The van der Waals surface area contributed by atoms with Crippen LogP contribution in [0.2, 0.25) is 5.02 Å². The van der Waals surface area contributed by atoms with Gasteiger partial charge < -0.3 is 4.74 Å². The number of carbonyl (C=O) groups excluding carboxylic acids is 2. The molecule has 154 valence electrons. The second kappa shape index (κ2) is 8.44. The summed E-state index contributed by atoms with van der Waals surface area (Å²) >= 11 is 6.35. The summed E-state index contributed by atoms with van der Waals surface area (Å²) in [4.78, 5) is 25.3. The van der Waals surface area contributed by atoms with Crippen LogP contribution in [0.1, 0.15) is 57.3 Å². The Kier molecular flexibility index (Phi) is 5.73. The predicted octanol–water partition coefficient (Wildman–Crippen LogP) is 5.26. The van der Waals surface area contributed by atoms with Crippen LogP contribution in [-0.4, -0.2) is 28.3 Å². The SMILES string of the molecule is CCOC(=O)c1ccc(-c2nn(C(=O)c3c(C)cccc3Cl)c3c2CCCC3)cc1. The molecule has 0 aliphatic heterocycles. The number of benzene rings is 2. The number of esters is 1. The fourth-order valence-electron chi connectivity index (χ4n) is 3.99. The number of nitrogens with zero attached hydrogens (tertiary/aromatic N) is 2. The third kappa shape index (κ3) is 3.65. The Labute approximate surface area is 180 Å². The van der Waals surface area contributed by atoms with Crippen LogP contribution in [0.4, 0.5) is 0 Å². The van der Waals surface area contributed by atoms with E-state index >= 15 is 0 Å². The van der Waals surface area contributed by atoms with Gasteiger partial charge in [-0.05, 0) is 63.3 Å². The maximum atomic E-state index is 13.4. The van der Waals surface area contributed by atoms with Crippen LogP contribution in [0.3, 0.4) is 0 Å². The molecule has 0 N–H and O–H groups in total. The molecule has 1 heterocycles. The number of aromatic nitrogens is 2. The molecule has 0 atom stereocenters. The molecule has 0 unspecified atom stereocenters. The first kappa shape index (κ1) is 20.4. The Bertz CT molecular complexity index is 1100. The molecule has 5 nitrogen and oxygen atoms in total. The molecule has 2 aromatic carbocycles. The van der Waals surface area contributed by atoms with Gasteiger partial charge in [-0.15, -0.1) is 0 Å². The number of hydrogen-bond donors (Lipinski definition) is 0. The first-order valence-corrected chi connectivity index (χ1v) is 10.6. The Hall–Kier alpha value is -2.92. The lowest BCUT2D eigenvalue weighted by molar-refractivity contribution is 0.0526. The average Bonchev–Trinajstić information content (AvgIpc) is 3.13. The molecule has 0 amide bonds. The molecular weight excluding hydrogens is 400 g/mol. The second-order valence-electron chi connectivity index (χ2n) is 7.43. The summed E-state index contributed by atoms with van der Waals surface area (Å²) in [6.07, 6.45) is 3.76. The molecule has 0 saturated carbocycles. The van der Waals surface area contributed by atoms with Gasteiger partial charge in [0.05, 0.1) is 34.1 Å². The van der Waals surface area contributed by atoms with Gasteiger partial charge in [0.1, 0.15) is 0 Å². The van der Waals surface area contributed by atoms with Crippen LogP contribution in [0.25, 0.3) is 11.3 Å². The van der Waals surface area contributed by atoms with Gasteiger partial charge in [0.15, 0.2) is 0 Å². The van der Waals surface area contributed by atoms with Crippen molar-refractivity contribution in [1.82, 2.24) is 9.78 Å².